The zero-order valence-corrected chi connectivity index (χ0v) is 8.91. The predicted molar refractivity (Wildman–Crippen MR) is 54.9 cm³/mol. The van der Waals surface area contributed by atoms with Gasteiger partial charge in [0.15, 0.2) is 11.6 Å². The van der Waals surface area contributed by atoms with Crippen molar-refractivity contribution in [2.24, 2.45) is 0 Å². The minimum absolute atomic E-state index is 0.00806. The molecule has 2 heterocycles. The van der Waals surface area contributed by atoms with Crippen LogP contribution in [0.3, 0.4) is 0 Å². The molecule has 0 saturated heterocycles. The van der Waals surface area contributed by atoms with Crippen molar-refractivity contribution in [1.29, 1.82) is 0 Å². The van der Waals surface area contributed by atoms with Gasteiger partial charge in [-0.05, 0) is 6.26 Å². The van der Waals surface area contributed by atoms with E-state index in [1.807, 2.05) is 22.2 Å². The summed E-state index contributed by atoms with van der Waals surface area (Å²) < 4.78 is 1.85. The van der Waals surface area contributed by atoms with Gasteiger partial charge in [-0.25, -0.2) is 4.98 Å². The van der Waals surface area contributed by atoms with Gasteiger partial charge in [0.05, 0.1) is 0 Å². The first-order chi connectivity index (χ1) is 6.24. The van der Waals surface area contributed by atoms with E-state index in [0.717, 1.165) is 9.86 Å². The summed E-state index contributed by atoms with van der Waals surface area (Å²) in [5, 5.41) is 2.89. The molecule has 0 atom stereocenters. The summed E-state index contributed by atoms with van der Waals surface area (Å²) in [6.07, 6.45) is 3.84. The highest BCUT2D eigenvalue weighted by Crippen LogP contribution is 2.26. The fraction of sp³-hybridized carbons (Fsp3) is 0.250. The van der Waals surface area contributed by atoms with Crippen molar-refractivity contribution in [3.63, 3.8) is 0 Å². The minimum Gasteiger partial charge on any atom is -0.291 e. The van der Waals surface area contributed by atoms with Crippen LogP contribution in [0.25, 0.3) is 4.83 Å². The Balaban J connectivity index is 2.75. The van der Waals surface area contributed by atoms with Gasteiger partial charge < -0.3 is 0 Å². The molecule has 0 aromatic carbocycles. The van der Waals surface area contributed by atoms with Crippen LogP contribution in [0.1, 0.15) is 17.5 Å². The number of nitrogens with zero attached hydrogens (tertiary/aromatic N) is 2. The SMILES string of the molecule is CSc1nc(C(C)=O)n2ccsc12. The maximum atomic E-state index is 11.2. The van der Waals surface area contributed by atoms with Crippen molar-refractivity contribution < 1.29 is 4.79 Å². The summed E-state index contributed by atoms with van der Waals surface area (Å²) in [7, 11) is 0. The van der Waals surface area contributed by atoms with Crippen LogP contribution in [0.4, 0.5) is 0 Å². The highest BCUT2D eigenvalue weighted by atomic mass is 32.2. The molecule has 5 heteroatoms. The van der Waals surface area contributed by atoms with E-state index in [4.69, 9.17) is 0 Å². The molecule has 13 heavy (non-hydrogen) atoms. The molecule has 2 aromatic rings. The normalized spacial score (nSPS) is 10.9. The van der Waals surface area contributed by atoms with Gasteiger partial charge in [-0.15, -0.1) is 23.1 Å². The Bertz CT molecular complexity index is 458. The second kappa shape index (κ2) is 3.16. The first kappa shape index (κ1) is 8.77. The van der Waals surface area contributed by atoms with Gasteiger partial charge in [0.2, 0.25) is 0 Å². The molecular weight excluding hydrogens is 204 g/mol. The third-order valence-corrected chi connectivity index (χ3v) is 3.41. The van der Waals surface area contributed by atoms with Gasteiger partial charge in [-0.3, -0.25) is 9.20 Å². The van der Waals surface area contributed by atoms with Crippen molar-refractivity contribution in [2.75, 3.05) is 6.26 Å². The van der Waals surface area contributed by atoms with Gasteiger partial charge in [-0.2, -0.15) is 0 Å². The Morgan fingerprint density at radius 2 is 2.46 bits per heavy atom. The number of hydrogen-bond donors (Lipinski definition) is 0. The number of thioether (sulfide) groups is 1. The molecule has 0 saturated carbocycles. The van der Waals surface area contributed by atoms with Gasteiger partial charge in [0, 0.05) is 18.5 Å². The lowest BCUT2D eigenvalue weighted by Gasteiger charge is -1.87. The Morgan fingerprint density at radius 1 is 1.69 bits per heavy atom. The molecule has 2 rings (SSSR count). The zero-order chi connectivity index (χ0) is 9.42. The first-order valence-electron chi connectivity index (χ1n) is 3.74. The number of thiazole rings is 1. The van der Waals surface area contributed by atoms with E-state index < -0.39 is 0 Å². The standard InChI is InChI=1S/C8H8N2OS2/c1-5(11)6-9-7(12-2)8-10(6)3-4-13-8/h3-4H,1-2H3. The number of fused-ring (bicyclic) bond motifs is 1. The topological polar surface area (TPSA) is 34.4 Å². The average molecular weight is 212 g/mol. The molecule has 68 valence electrons. The van der Waals surface area contributed by atoms with Crippen molar-refractivity contribution >= 4 is 33.7 Å². The second-order valence-corrected chi connectivity index (χ2v) is 4.27. The summed E-state index contributed by atoms with van der Waals surface area (Å²) in [6, 6.07) is 0. The van der Waals surface area contributed by atoms with Crippen molar-refractivity contribution in [3.8, 4) is 0 Å². The largest absolute Gasteiger partial charge is 0.291 e. The number of carbonyl (C=O) groups is 1. The van der Waals surface area contributed by atoms with Crippen LogP contribution >= 0.6 is 23.1 Å². The van der Waals surface area contributed by atoms with Crippen molar-refractivity contribution in [1.82, 2.24) is 9.38 Å². The number of hydrogen-bond acceptors (Lipinski definition) is 4. The third kappa shape index (κ3) is 1.28. The van der Waals surface area contributed by atoms with Crippen LogP contribution in [0.15, 0.2) is 16.6 Å². The van der Waals surface area contributed by atoms with Crippen LogP contribution < -0.4 is 0 Å². The van der Waals surface area contributed by atoms with E-state index in [0.29, 0.717) is 5.82 Å². The highest BCUT2D eigenvalue weighted by Gasteiger charge is 2.13. The Hall–Kier alpha value is -0.810. The molecule has 0 amide bonds. The number of aromatic nitrogens is 2. The third-order valence-electron chi connectivity index (χ3n) is 1.74. The molecule has 3 nitrogen and oxygen atoms in total. The summed E-state index contributed by atoms with van der Waals surface area (Å²) in [5.74, 6) is 0.536. The number of Topliss-reactive ketones (excluding diaryl/α,β-unsaturated/α-hetero) is 1. The molecule has 0 radical (unpaired) electrons. The Kier molecular flexibility index (Phi) is 2.13. The van der Waals surface area contributed by atoms with E-state index in [2.05, 4.69) is 4.98 Å². The lowest BCUT2D eigenvalue weighted by molar-refractivity contribution is 0.100. The fourth-order valence-electron chi connectivity index (χ4n) is 1.18. The van der Waals surface area contributed by atoms with Crippen molar-refractivity contribution in [3.05, 3.63) is 17.4 Å². The van der Waals surface area contributed by atoms with Gasteiger partial charge >= 0.3 is 0 Å². The Morgan fingerprint density at radius 3 is 3.08 bits per heavy atom. The molecular formula is C8H8N2OS2. The van der Waals surface area contributed by atoms with Crippen LogP contribution in [-0.2, 0) is 0 Å². The molecule has 0 N–H and O–H groups in total. The summed E-state index contributed by atoms with van der Waals surface area (Å²) in [5.41, 5.74) is 0. The van der Waals surface area contributed by atoms with E-state index >= 15 is 0 Å². The smallest absolute Gasteiger partial charge is 0.195 e. The predicted octanol–water partition coefficient (Wildman–Crippen LogP) is 2.32. The molecule has 0 fully saturated rings. The Labute approximate surface area is 83.8 Å². The van der Waals surface area contributed by atoms with Crippen LogP contribution in [0.5, 0.6) is 0 Å². The molecule has 0 unspecified atom stereocenters. The monoisotopic (exact) mass is 212 g/mol. The zero-order valence-electron chi connectivity index (χ0n) is 7.27. The molecule has 0 aliphatic rings. The van der Waals surface area contributed by atoms with Gasteiger partial charge in [0.1, 0.15) is 9.86 Å². The molecule has 0 bridgehead atoms. The minimum atomic E-state index is 0.00806. The van der Waals surface area contributed by atoms with Crippen LogP contribution in [-0.4, -0.2) is 21.4 Å². The number of rotatable bonds is 2. The van der Waals surface area contributed by atoms with E-state index in [9.17, 15) is 4.79 Å². The van der Waals surface area contributed by atoms with Crippen LogP contribution in [0.2, 0.25) is 0 Å². The van der Waals surface area contributed by atoms with E-state index in [-0.39, 0.29) is 5.78 Å². The fourth-order valence-corrected chi connectivity index (χ4v) is 2.74. The molecule has 0 spiro atoms. The summed E-state index contributed by atoms with van der Waals surface area (Å²) in [6.45, 7) is 1.54. The molecule has 0 aliphatic carbocycles. The van der Waals surface area contributed by atoms with Gasteiger partial charge in [-0.1, -0.05) is 0 Å². The second-order valence-electron chi connectivity index (χ2n) is 2.58. The highest BCUT2D eigenvalue weighted by molar-refractivity contribution is 7.98. The lowest BCUT2D eigenvalue weighted by atomic mass is 10.4. The number of ketones is 1. The summed E-state index contributed by atoms with van der Waals surface area (Å²) in [4.78, 5) is 16.5. The van der Waals surface area contributed by atoms with Crippen molar-refractivity contribution in [2.45, 2.75) is 11.9 Å². The lowest BCUT2D eigenvalue weighted by Crippen LogP contribution is -1.98. The van der Waals surface area contributed by atoms with E-state index in [1.165, 1.54) is 6.92 Å². The number of carbonyl (C=O) groups excluding carboxylic acids is 1. The quantitative estimate of drug-likeness (QED) is 0.566. The summed E-state index contributed by atoms with van der Waals surface area (Å²) >= 11 is 3.17. The molecule has 2 aromatic heterocycles. The molecule has 0 aliphatic heterocycles. The van der Waals surface area contributed by atoms with Crippen LogP contribution in [0, 0.1) is 0 Å². The first-order valence-corrected chi connectivity index (χ1v) is 5.85. The average Bonchev–Trinajstić information content (AvgIpc) is 2.61. The van der Waals surface area contributed by atoms with E-state index in [1.54, 1.807) is 23.1 Å². The number of imidazole rings is 1. The maximum absolute atomic E-state index is 11.2. The maximum Gasteiger partial charge on any atom is 0.195 e. The van der Waals surface area contributed by atoms with Gasteiger partial charge in [0.25, 0.3) is 0 Å².